The molecule has 1 fully saturated rings. The minimum Gasteiger partial charge on any atom is -0.394 e. The summed E-state index contributed by atoms with van der Waals surface area (Å²) in [5.41, 5.74) is 1.83. The van der Waals surface area contributed by atoms with Gasteiger partial charge in [-0.1, -0.05) is 11.6 Å². The Morgan fingerprint density at radius 3 is 3.00 bits per heavy atom. The molecule has 0 radical (unpaired) electrons. The Labute approximate surface area is 112 Å². The van der Waals surface area contributed by atoms with E-state index in [4.69, 9.17) is 11.6 Å². The normalized spacial score (nSPS) is 20.9. The number of aliphatic hydroxyl groups excluding tert-OH is 1. The summed E-state index contributed by atoms with van der Waals surface area (Å²) >= 11 is 5.92. The standard InChI is InChI=1S/C13H17ClN2O2/c1-9-7-10(14)3-4-12(9)16-6-2-5-15-11(8-17)13(16)18/h3-4,7,11,15,17H,2,5-6,8H2,1H3. The highest BCUT2D eigenvalue weighted by Crippen LogP contribution is 2.25. The molecule has 2 rings (SSSR count). The molecular formula is C13H17ClN2O2. The Bertz CT molecular complexity index is 451. The molecule has 0 spiro atoms. The lowest BCUT2D eigenvalue weighted by Gasteiger charge is -2.25. The second-order valence-corrected chi connectivity index (χ2v) is 4.90. The zero-order valence-electron chi connectivity index (χ0n) is 10.3. The molecule has 18 heavy (non-hydrogen) atoms. The number of anilines is 1. The van der Waals surface area contributed by atoms with Crippen LogP contribution in [-0.2, 0) is 4.79 Å². The quantitative estimate of drug-likeness (QED) is 0.851. The van der Waals surface area contributed by atoms with Crippen molar-refractivity contribution in [3.05, 3.63) is 28.8 Å². The summed E-state index contributed by atoms with van der Waals surface area (Å²) in [6, 6.07) is 4.97. The number of aryl methyl sites for hydroxylation is 1. The average Bonchev–Trinajstić information content (AvgIpc) is 2.52. The maximum atomic E-state index is 12.3. The number of hydrogen-bond acceptors (Lipinski definition) is 3. The molecule has 1 atom stereocenters. The van der Waals surface area contributed by atoms with E-state index in [1.165, 1.54) is 0 Å². The Morgan fingerprint density at radius 1 is 1.56 bits per heavy atom. The molecule has 4 nitrogen and oxygen atoms in total. The zero-order valence-corrected chi connectivity index (χ0v) is 11.1. The van der Waals surface area contributed by atoms with Gasteiger partial charge in [0.2, 0.25) is 5.91 Å². The lowest BCUT2D eigenvalue weighted by atomic mass is 10.1. The highest BCUT2D eigenvalue weighted by atomic mass is 35.5. The van der Waals surface area contributed by atoms with Gasteiger partial charge in [0.05, 0.1) is 6.61 Å². The third kappa shape index (κ3) is 2.66. The number of nitrogens with zero attached hydrogens (tertiary/aromatic N) is 1. The van der Waals surface area contributed by atoms with E-state index in [0.29, 0.717) is 11.6 Å². The summed E-state index contributed by atoms with van der Waals surface area (Å²) in [4.78, 5) is 14.0. The number of amides is 1. The van der Waals surface area contributed by atoms with Gasteiger partial charge >= 0.3 is 0 Å². The minimum atomic E-state index is -0.512. The van der Waals surface area contributed by atoms with Gasteiger partial charge in [-0.15, -0.1) is 0 Å². The van der Waals surface area contributed by atoms with Gasteiger partial charge in [0.25, 0.3) is 0 Å². The van der Waals surface area contributed by atoms with Crippen LogP contribution in [0.15, 0.2) is 18.2 Å². The van der Waals surface area contributed by atoms with Crippen molar-refractivity contribution in [3.63, 3.8) is 0 Å². The molecule has 1 aliphatic rings. The van der Waals surface area contributed by atoms with Crippen LogP contribution in [0.25, 0.3) is 0 Å². The Morgan fingerprint density at radius 2 is 2.33 bits per heavy atom. The van der Waals surface area contributed by atoms with Crippen LogP contribution in [0.3, 0.4) is 0 Å². The van der Waals surface area contributed by atoms with Crippen molar-refractivity contribution in [1.29, 1.82) is 0 Å². The molecule has 1 unspecified atom stereocenters. The zero-order chi connectivity index (χ0) is 13.1. The van der Waals surface area contributed by atoms with Crippen LogP contribution in [0.1, 0.15) is 12.0 Å². The number of rotatable bonds is 2. The largest absolute Gasteiger partial charge is 0.394 e. The van der Waals surface area contributed by atoms with E-state index >= 15 is 0 Å². The molecule has 0 aliphatic carbocycles. The fraction of sp³-hybridized carbons (Fsp3) is 0.462. The van der Waals surface area contributed by atoms with Gasteiger partial charge in [-0.3, -0.25) is 4.79 Å². The van der Waals surface area contributed by atoms with Gasteiger partial charge in [0, 0.05) is 17.3 Å². The first-order valence-corrected chi connectivity index (χ1v) is 6.43. The third-order valence-electron chi connectivity index (χ3n) is 3.15. The minimum absolute atomic E-state index is 0.0829. The second-order valence-electron chi connectivity index (χ2n) is 4.46. The number of carbonyl (C=O) groups excluding carboxylic acids is 1. The third-order valence-corrected chi connectivity index (χ3v) is 3.38. The van der Waals surface area contributed by atoms with Crippen molar-refractivity contribution >= 4 is 23.2 Å². The van der Waals surface area contributed by atoms with Gasteiger partial charge < -0.3 is 15.3 Å². The molecule has 98 valence electrons. The van der Waals surface area contributed by atoms with Crippen molar-refractivity contribution in [3.8, 4) is 0 Å². The van der Waals surface area contributed by atoms with E-state index in [-0.39, 0.29) is 12.5 Å². The molecule has 1 amide bonds. The Kier molecular flexibility index (Phi) is 4.22. The van der Waals surface area contributed by atoms with Gasteiger partial charge in [-0.25, -0.2) is 0 Å². The van der Waals surface area contributed by atoms with Crippen molar-refractivity contribution in [2.75, 3.05) is 24.6 Å². The summed E-state index contributed by atoms with van der Waals surface area (Å²) in [6.45, 7) is 3.15. The summed E-state index contributed by atoms with van der Waals surface area (Å²) in [5, 5.41) is 12.9. The van der Waals surface area contributed by atoms with Gasteiger partial charge in [0.15, 0.2) is 0 Å². The molecule has 1 heterocycles. The summed E-state index contributed by atoms with van der Waals surface area (Å²) in [5.74, 6) is -0.0829. The predicted molar refractivity (Wildman–Crippen MR) is 72.0 cm³/mol. The van der Waals surface area contributed by atoms with Crippen molar-refractivity contribution in [2.45, 2.75) is 19.4 Å². The van der Waals surface area contributed by atoms with Gasteiger partial charge in [-0.05, 0) is 43.7 Å². The number of aliphatic hydroxyl groups is 1. The van der Waals surface area contributed by atoms with Crippen LogP contribution in [0, 0.1) is 6.92 Å². The molecule has 0 aromatic heterocycles. The van der Waals surface area contributed by atoms with E-state index in [1.807, 2.05) is 19.1 Å². The predicted octanol–water partition coefficient (Wildman–Crippen LogP) is 1.34. The SMILES string of the molecule is Cc1cc(Cl)ccc1N1CCCNC(CO)C1=O. The Hall–Kier alpha value is -1.10. The average molecular weight is 269 g/mol. The van der Waals surface area contributed by atoms with E-state index in [9.17, 15) is 9.90 Å². The summed E-state index contributed by atoms with van der Waals surface area (Å²) in [7, 11) is 0. The lowest BCUT2D eigenvalue weighted by Crippen LogP contribution is -2.46. The number of hydrogen-bond donors (Lipinski definition) is 2. The van der Waals surface area contributed by atoms with Crippen LogP contribution < -0.4 is 10.2 Å². The first kappa shape index (κ1) is 13.3. The van der Waals surface area contributed by atoms with Crippen molar-refractivity contribution in [2.24, 2.45) is 0 Å². The van der Waals surface area contributed by atoms with Crippen molar-refractivity contribution in [1.82, 2.24) is 5.32 Å². The highest BCUT2D eigenvalue weighted by Gasteiger charge is 2.27. The monoisotopic (exact) mass is 268 g/mol. The van der Waals surface area contributed by atoms with Crippen LogP contribution in [0.2, 0.25) is 5.02 Å². The summed E-state index contributed by atoms with van der Waals surface area (Å²) < 4.78 is 0. The lowest BCUT2D eigenvalue weighted by molar-refractivity contribution is -0.121. The van der Waals surface area contributed by atoms with Crippen LogP contribution >= 0.6 is 11.6 Å². The maximum absolute atomic E-state index is 12.3. The van der Waals surface area contributed by atoms with Crippen LogP contribution in [-0.4, -0.2) is 36.8 Å². The fourth-order valence-corrected chi connectivity index (χ4v) is 2.43. The molecule has 1 aromatic carbocycles. The number of nitrogens with one attached hydrogen (secondary N) is 1. The smallest absolute Gasteiger partial charge is 0.246 e. The Balaban J connectivity index is 2.32. The van der Waals surface area contributed by atoms with E-state index < -0.39 is 6.04 Å². The first-order valence-electron chi connectivity index (χ1n) is 6.05. The van der Waals surface area contributed by atoms with Crippen LogP contribution in [0.4, 0.5) is 5.69 Å². The fourth-order valence-electron chi connectivity index (χ4n) is 2.20. The summed E-state index contributed by atoms with van der Waals surface area (Å²) in [6.07, 6.45) is 0.865. The molecule has 1 aromatic rings. The maximum Gasteiger partial charge on any atom is 0.246 e. The molecule has 1 aliphatic heterocycles. The van der Waals surface area contributed by atoms with Gasteiger partial charge in [0.1, 0.15) is 6.04 Å². The molecule has 1 saturated heterocycles. The number of halogens is 1. The van der Waals surface area contributed by atoms with E-state index in [2.05, 4.69) is 5.32 Å². The molecule has 2 N–H and O–H groups in total. The first-order chi connectivity index (χ1) is 8.63. The van der Waals surface area contributed by atoms with Crippen LogP contribution in [0.5, 0.6) is 0 Å². The molecular weight excluding hydrogens is 252 g/mol. The number of benzene rings is 1. The molecule has 0 saturated carbocycles. The van der Waals surface area contributed by atoms with E-state index in [0.717, 1.165) is 24.2 Å². The van der Waals surface area contributed by atoms with Gasteiger partial charge in [-0.2, -0.15) is 0 Å². The number of carbonyl (C=O) groups is 1. The molecule has 0 bridgehead atoms. The topological polar surface area (TPSA) is 52.6 Å². The van der Waals surface area contributed by atoms with E-state index in [1.54, 1.807) is 11.0 Å². The van der Waals surface area contributed by atoms with Crippen molar-refractivity contribution < 1.29 is 9.90 Å². The second kappa shape index (κ2) is 5.69. The highest BCUT2D eigenvalue weighted by molar-refractivity contribution is 6.30. The molecule has 5 heteroatoms.